The third kappa shape index (κ3) is 5.55. The Morgan fingerprint density at radius 3 is 2.75 bits per heavy atom. The molecule has 2 heterocycles. The van der Waals surface area contributed by atoms with E-state index in [9.17, 15) is 4.79 Å². The van der Waals surface area contributed by atoms with E-state index in [1.54, 1.807) is 0 Å². The van der Waals surface area contributed by atoms with Crippen LogP contribution in [0.3, 0.4) is 0 Å². The van der Waals surface area contributed by atoms with Crippen molar-refractivity contribution in [1.29, 1.82) is 0 Å². The Bertz CT molecular complexity index is 799. The second kappa shape index (κ2) is 9.87. The van der Waals surface area contributed by atoms with Crippen molar-refractivity contribution in [3.63, 3.8) is 0 Å². The predicted molar refractivity (Wildman–Crippen MR) is 108 cm³/mol. The quantitative estimate of drug-likeness (QED) is 0.411. The molecule has 0 radical (unpaired) electrons. The molecule has 8 nitrogen and oxygen atoms in total. The van der Waals surface area contributed by atoms with E-state index in [-0.39, 0.29) is 5.91 Å². The van der Waals surface area contributed by atoms with Gasteiger partial charge in [0.15, 0.2) is 11.8 Å². The fourth-order valence-corrected chi connectivity index (χ4v) is 3.10. The van der Waals surface area contributed by atoms with Crippen LogP contribution in [0.1, 0.15) is 43.5 Å². The molecule has 1 fully saturated rings. The zero-order valence-electron chi connectivity index (χ0n) is 16.6. The second-order valence-corrected chi connectivity index (χ2v) is 6.78. The lowest BCUT2D eigenvalue weighted by Crippen LogP contribution is -2.37. The molecule has 1 aliphatic rings. The zero-order chi connectivity index (χ0) is 19.8. The summed E-state index contributed by atoms with van der Waals surface area (Å²) in [6, 6.07) is 8.07. The topological polar surface area (TPSA) is 95.7 Å². The van der Waals surface area contributed by atoms with Gasteiger partial charge in [0.2, 0.25) is 11.8 Å². The number of carbonyl (C=O) groups is 1. The molecule has 1 aromatic carbocycles. The number of aromatic nitrogens is 2. The van der Waals surface area contributed by atoms with Crippen molar-refractivity contribution in [2.24, 2.45) is 4.99 Å². The van der Waals surface area contributed by atoms with Gasteiger partial charge in [0, 0.05) is 38.2 Å². The molecule has 0 unspecified atom stereocenters. The third-order valence-corrected chi connectivity index (χ3v) is 4.51. The van der Waals surface area contributed by atoms with Crippen molar-refractivity contribution in [3.8, 4) is 0 Å². The summed E-state index contributed by atoms with van der Waals surface area (Å²) in [5.74, 6) is 2.32. The molecule has 1 aromatic heterocycles. The number of rotatable bonds is 8. The highest BCUT2D eigenvalue weighted by atomic mass is 16.5. The lowest BCUT2D eigenvalue weighted by molar-refractivity contribution is -0.117. The van der Waals surface area contributed by atoms with Crippen LogP contribution < -0.4 is 15.5 Å². The van der Waals surface area contributed by atoms with Crippen LogP contribution in [-0.4, -0.2) is 41.6 Å². The first-order chi connectivity index (χ1) is 13.7. The van der Waals surface area contributed by atoms with E-state index in [0.29, 0.717) is 24.7 Å². The van der Waals surface area contributed by atoms with E-state index >= 15 is 0 Å². The van der Waals surface area contributed by atoms with Gasteiger partial charge in [-0.2, -0.15) is 4.98 Å². The molecule has 1 aliphatic heterocycles. The number of hydrogen-bond acceptors (Lipinski definition) is 5. The molecule has 1 amide bonds. The lowest BCUT2D eigenvalue weighted by Gasteiger charge is -2.15. The standard InChI is InChI=1S/C20H28N6O2/c1-3-21-20(22-12-4-6-18-24-15(2)25-28-18)23-14-16-8-10-17(11-9-16)26-13-5-7-19(26)27/h8-11H,3-7,12-14H2,1-2H3,(H2,21,22,23). The zero-order valence-corrected chi connectivity index (χ0v) is 16.6. The summed E-state index contributed by atoms with van der Waals surface area (Å²) in [6.45, 7) is 6.81. The smallest absolute Gasteiger partial charge is 0.227 e. The van der Waals surface area contributed by atoms with E-state index in [0.717, 1.165) is 56.1 Å². The van der Waals surface area contributed by atoms with Crippen LogP contribution in [0.25, 0.3) is 0 Å². The molecule has 150 valence electrons. The first-order valence-electron chi connectivity index (χ1n) is 9.86. The van der Waals surface area contributed by atoms with Crippen molar-refractivity contribution in [1.82, 2.24) is 20.8 Å². The highest BCUT2D eigenvalue weighted by Gasteiger charge is 2.21. The summed E-state index contributed by atoms with van der Waals surface area (Å²) in [5, 5.41) is 10.4. The fraction of sp³-hybridized carbons (Fsp3) is 0.500. The number of benzene rings is 1. The van der Waals surface area contributed by atoms with E-state index in [1.807, 2.05) is 43.0 Å². The molecule has 0 bridgehead atoms. The maximum atomic E-state index is 11.8. The monoisotopic (exact) mass is 384 g/mol. The van der Waals surface area contributed by atoms with Gasteiger partial charge in [-0.1, -0.05) is 17.3 Å². The van der Waals surface area contributed by atoms with Crippen LogP contribution in [0, 0.1) is 6.92 Å². The largest absolute Gasteiger partial charge is 0.357 e. The van der Waals surface area contributed by atoms with Crippen molar-refractivity contribution in [2.45, 2.75) is 46.1 Å². The second-order valence-electron chi connectivity index (χ2n) is 6.78. The number of hydrogen-bond donors (Lipinski definition) is 2. The average Bonchev–Trinajstić information content (AvgIpc) is 3.31. The number of aryl methyl sites for hydroxylation is 2. The molecule has 1 saturated heterocycles. The summed E-state index contributed by atoms with van der Waals surface area (Å²) in [7, 11) is 0. The van der Waals surface area contributed by atoms with Crippen LogP contribution in [0.5, 0.6) is 0 Å². The van der Waals surface area contributed by atoms with Crippen LogP contribution in [0.15, 0.2) is 33.8 Å². The van der Waals surface area contributed by atoms with Gasteiger partial charge in [0.25, 0.3) is 0 Å². The number of anilines is 1. The van der Waals surface area contributed by atoms with Gasteiger partial charge in [-0.25, -0.2) is 4.99 Å². The van der Waals surface area contributed by atoms with Crippen molar-refractivity contribution >= 4 is 17.6 Å². The highest BCUT2D eigenvalue weighted by molar-refractivity contribution is 5.95. The molecular formula is C20H28N6O2. The molecule has 28 heavy (non-hydrogen) atoms. The SMILES string of the molecule is CCNC(=NCc1ccc(N2CCCC2=O)cc1)NCCCc1nc(C)no1. The number of nitrogens with zero attached hydrogens (tertiary/aromatic N) is 4. The predicted octanol–water partition coefficient (Wildman–Crippen LogP) is 2.19. The number of carbonyl (C=O) groups excluding carboxylic acids is 1. The minimum absolute atomic E-state index is 0.208. The Hall–Kier alpha value is -2.90. The summed E-state index contributed by atoms with van der Waals surface area (Å²) in [4.78, 5) is 22.5. The Balaban J connectivity index is 1.48. The van der Waals surface area contributed by atoms with Crippen LogP contribution in [-0.2, 0) is 17.8 Å². The first kappa shape index (κ1) is 19.9. The van der Waals surface area contributed by atoms with Gasteiger partial charge in [-0.3, -0.25) is 4.79 Å². The average molecular weight is 384 g/mol. The van der Waals surface area contributed by atoms with Gasteiger partial charge in [-0.05, 0) is 44.4 Å². The Labute approximate surface area is 165 Å². The number of aliphatic imine (C=N–C) groups is 1. The van der Waals surface area contributed by atoms with E-state index in [2.05, 4.69) is 25.8 Å². The molecular weight excluding hydrogens is 356 g/mol. The fourth-order valence-electron chi connectivity index (χ4n) is 3.10. The molecule has 0 saturated carbocycles. The first-order valence-corrected chi connectivity index (χ1v) is 9.86. The molecule has 0 atom stereocenters. The lowest BCUT2D eigenvalue weighted by atomic mass is 10.2. The van der Waals surface area contributed by atoms with Crippen molar-refractivity contribution < 1.29 is 9.32 Å². The summed E-state index contributed by atoms with van der Waals surface area (Å²) < 4.78 is 5.12. The van der Waals surface area contributed by atoms with Crippen molar-refractivity contribution in [3.05, 3.63) is 41.5 Å². The van der Waals surface area contributed by atoms with Gasteiger partial charge in [-0.15, -0.1) is 0 Å². The van der Waals surface area contributed by atoms with Gasteiger partial charge in [0.05, 0.1) is 6.54 Å². The van der Waals surface area contributed by atoms with Gasteiger partial charge < -0.3 is 20.1 Å². The summed E-state index contributed by atoms with van der Waals surface area (Å²) >= 11 is 0. The van der Waals surface area contributed by atoms with Crippen LogP contribution in [0.2, 0.25) is 0 Å². The minimum atomic E-state index is 0.208. The Morgan fingerprint density at radius 2 is 2.11 bits per heavy atom. The van der Waals surface area contributed by atoms with Crippen LogP contribution in [0.4, 0.5) is 5.69 Å². The number of guanidine groups is 1. The third-order valence-electron chi connectivity index (χ3n) is 4.51. The minimum Gasteiger partial charge on any atom is -0.357 e. The van der Waals surface area contributed by atoms with Crippen molar-refractivity contribution in [2.75, 3.05) is 24.5 Å². The molecule has 3 rings (SSSR count). The molecule has 0 spiro atoms. The maximum absolute atomic E-state index is 11.8. The normalized spacial score (nSPS) is 14.6. The number of amides is 1. The van der Waals surface area contributed by atoms with E-state index < -0.39 is 0 Å². The highest BCUT2D eigenvalue weighted by Crippen LogP contribution is 2.21. The Kier molecular flexibility index (Phi) is 7.00. The molecule has 2 N–H and O–H groups in total. The molecule has 8 heteroatoms. The van der Waals surface area contributed by atoms with Gasteiger partial charge >= 0.3 is 0 Å². The maximum Gasteiger partial charge on any atom is 0.227 e. The Morgan fingerprint density at radius 1 is 1.29 bits per heavy atom. The van der Waals surface area contributed by atoms with E-state index in [4.69, 9.17) is 4.52 Å². The van der Waals surface area contributed by atoms with E-state index in [1.165, 1.54) is 0 Å². The molecule has 2 aromatic rings. The summed E-state index contributed by atoms with van der Waals surface area (Å²) in [6.07, 6.45) is 3.21. The number of nitrogens with one attached hydrogen (secondary N) is 2. The summed E-state index contributed by atoms with van der Waals surface area (Å²) in [5.41, 5.74) is 2.07. The van der Waals surface area contributed by atoms with Gasteiger partial charge in [0.1, 0.15) is 0 Å². The van der Waals surface area contributed by atoms with Crippen LogP contribution >= 0.6 is 0 Å². The molecule has 0 aliphatic carbocycles.